The van der Waals surface area contributed by atoms with E-state index in [9.17, 15) is 0 Å². The minimum atomic E-state index is -0.296. The van der Waals surface area contributed by atoms with E-state index in [-0.39, 0.29) is 18.6 Å². The predicted molar refractivity (Wildman–Crippen MR) is 49.1 cm³/mol. The molecule has 1 fully saturated rings. The normalized spacial score (nSPS) is 34.8. The van der Waals surface area contributed by atoms with Gasteiger partial charge >= 0.3 is 0 Å². The van der Waals surface area contributed by atoms with Crippen molar-refractivity contribution in [1.29, 1.82) is 0 Å². The van der Waals surface area contributed by atoms with Crippen molar-refractivity contribution in [2.75, 3.05) is 13.2 Å². The van der Waals surface area contributed by atoms with Gasteiger partial charge in [-0.15, -0.1) is 0 Å². The summed E-state index contributed by atoms with van der Waals surface area (Å²) in [5, 5.41) is 0. The van der Waals surface area contributed by atoms with E-state index in [4.69, 9.17) is 19.9 Å². The molecule has 0 amide bonds. The molecule has 1 heterocycles. The highest BCUT2D eigenvalue weighted by Gasteiger charge is 2.29. The maximum Gasteiger partial charge on any atom is 0.175 e. The summed E-state index contributed by atoms with van der Waals surface area (Å²) in [6.07, 6.45) is 1.32. The highest BCUT2D eigenvalue weighted by atomic mass is 16.8. The van der Waals surface area contributed by atoms with E-state index in [2.05, 4.69) is 0 Å². The van der Waals surface area contributed by atoms with Gasteiger partial charge in [0.1, 0.15) is 0 Å². The van der Waals surface area contributed by atoms with Crippen LogP contribution < -0.4 is 5.73 Å². The Morgan fingerprint density at radius 3 is 2.54 bits per heavy atom. The van der Waals surface area contributed by atoms with Crippen molar-refractivity contribution in [3.05, 3.63) is 0 Å². The first-order valence-corrected chi connectivity index (χ1v) is 4.92. The molecule has 1 aliphatic heterocycles. The molecule has 3 atom stereocenters. The van der Waals surface area contributed by atoms with Gasteiger partial charge in [0, 0.05) is 19.6 Å². The van der Waals surface area contributed by atoms with Crippen molar-refractivity contribution in [1.82, 2.24) is 0 Å². The number of ether oxygens (including phenoxy) is 3. The molecule has 13 heavy (non-hydrogen) atoms. The van der Waals surface area contributed by atoms with Crippen LogP contribution in [0.15, 0.2) is 0 Å². The molecule has 0 aromatic rings. The van der Waals surface area contributed by atoms with Crippen LogP contribution in [0.5, 0.6) is 0 Å². The second kappa shape index (κ2) is 5.54. The molecule has 1 aliphatic rings. The Balaban J connectivity index is 2.33. The van der Waals surface area contributed by atoms with Crippen LogP contribution in [0.2, 0.25) is 0 Å². The maximum absolute atomic E-state index is 5.82. The van der Waals surface area contributed by atoms with Crippen LogP contribution in [0, 0.1) is 0 Å². The van der Waals surface area contributed by atoms with Gasteiger partial charge in [0.05, 0.1) is 6.04 Å². The van der Waals surface area contributed by atoms with Crippen molar-refractivity contribution >= 4 is 0 Å². The van der Waals surface area contributed by atoms with Crippen molar-refractivity contribution < 1.29 is 14.2 Å². The summed E-state index contributed by atoms with van der Waals surface area (Å²) in [7, 11) is 0. The fourth-order valence-corrected chi connectivity index (χ4v) is 1.42. The molecule has 1 saturated heterocycles. The van der Waals surface area contributed by atoms with Crippen LogP contribution in [0.3, 0.4) is 0 Å². The zero-order valence-electron chi connectivity index (χ0n) is 8.36. The van der Waals surface area contributed by atoms with Gasteiger partial charge in [0.15, 0.2) is 12.6 Å². The van der Waals surface area contributed by atoms with Crippen molar-refractivity contribution in [3.63, 3.8) is 0 Å². The Bertz CT molecular complexity index is 143. The fraction of sp³-hybridized carbons (Fsp3) is 1.00. The van der Waals surface area contributed by atoms with Gasteiger partial charge in [-0.25, -0.2) is 0 Å². The van der Waals surface area contributed by atoms with Crippen molar-refractivity contribution in [2.24, 2.45) is 5.73 Å². The first-order valence-electron chi connectivity index (χ1n) is 4.92. The van der Waals surface area contributed by atoms with Crippen molar-refractivity contribution in [3.8, 4) is 0 Å². The lowest BCUT2D eigenvalue weighted by atomic mass is 10.1. The number of rotatable bonds is 4. The van der Waals surface area contributed by atoms with Gasteiger partial charge in [-0.05, 0) is 20.3 Å². The summed E-state index contributed by atoms with van der Waals surface area (Å²) in [4.78, 5) is 0. The van der Waals surface area contributed by atoms with Crippen LogP contribution in [0.1, 0.15) is 26.7 Å². The molecule has 4 heteroatoms. The summed E-state index contributed by atoms with van der Waals surface area (Å²) in [6.45, 7) is 5.17. The lowest BCUT2D eigenvalue weighted by molar-refractivity contribution is -0.270. The smallest absolute Gasteiger partial charge is 0.175 e. The van der Waals surface area contributed by atoms with E-state index in [0.29, 0.717) is 13.2 Å². The lowest BCUT2D eigenvalue weighted by Gasteiger charge is -2.33. The standard InChI is InChI=1S/C9H19NO3/c1-3-11-8-6-5-7(10)9(13-8)12-4-2/h7-9H,3-6,10H2,1-2H3. The maximum atomic E-state index is 5.82. The second-order valence-corrected chi connectivity index (χ2v) is 3.09. The highest BCUT2D eigenvalue weighted by Crippen LogP contribution is 2.19. The molecule has 0 aliphatic carbocycles. The Kier molecular flexibility index (Phi) is 4.66. The SMILES string of the molecule is CCOC1CCC(N)C(OCC)O1. The number of hydrogen-bond acceptors (Lipinski definition) is 4. The summed E-state index contributed by atoms with van der Waals surface area (Å²) in [6, 6.07) is -0.0170. The second-order valence-electron chi connectivity index (χ2n) is 3.09. The quantitative estimate of drug-likeness (QED) is 0.712. The third-order valence-corrected chi connectivity index (χ3v) is 2.05. The van der Waals surface area contributed by atoms with Crippen LogP contribution in [-0.4, -0.2) is 31.8 Å². The average Bonchev–Trinajstić information content (AvgIpc) is 2.12. The summed E-state index contributed by atoms with van der Waals surface area (Å²) < 4.78 is 16.2. The number of nitrogens with two attached hydrogens (primary N) is 1. The van der Waals surface area contributed by atoms with E-state index in [1.807, 2.05) is 13.8 Å². The first kappa shape index (κ1) is 10.9. The molecule has 4 nitrogen and oxygen atoms in total. The lowest BCUT2D eigenvalue weighted by Crippen LogP contribution is -2.46. The molecule has 0 aromatic heterocycles. The molecule has 1 rings (SSSR count). The van der Waals surface area contributed by atoms with Crippen LogP contribution in [-0.2, 0) is 14.2 Å². The van der Waals surface area contributed by atoms with E-state index in [1.54, 1.807) is 0 Å². The average molecular weight is 189 g/mol. The summed E-state index contributed by atoms with van der Waals surface area (Å²) in [5.41, 5.74) is 5.82. The van der Waals surface area contributed by atoms with E-state index in [1.165, 1.54) is 0 Å². The van der Waals surface area contributed by atoms with Crippen molar-refractivity contribution in [2.45, 2.75) is 45.3 Å². The van der Waals surface area contributed by atoms with Crippen LogP contribution in [0.25, 0.3) is 0 Å². The molecule has 3 unspecified atom stereocenters. The molecule has 2 N–H and O–H groups in total. The summed E-state index contributed by atoms with van der Waals surface area (Å²) >= 11 is 0. The molecule has 0 bridgehead atoms. The topological polar surface area (TPSA) is 53.7 Å². The zero-order chi connectivity index (χ0) is 9.68. The molecule has 0 aromatic carbocycles. The molecular formula is C9H19NO3. The minimum Gasteiger partial charge on any atom is -0.353 e. The van der Waals surface area contributed by atoms with Gasteiger partial charge in [-0.3, -0.25) is 0 Å². The zero-order valence-corrected chi connectivity index (χ0v) is 8.36. The minimum absolute atomic E-state index is 0.0170. The van der Waals surface area contributed by atoms with E-state index in [0.717, 1.165) is 12.8 Å². The summed E-state index contributed by atoms with van der Waals surface area (Å²) in [5.74, 6) is 0. The molecule has 0 spiro atoms. The van der Waals surface area contributed by atoms with E-state index >= 15 is 0 Å². The largest absolute Gasteiger partial charge is 0.353 e. The third kappa shape index (κ3) is 3.23. The van der Waals surface area contributed by atoms with Gasteiger partial charge in [-0.1, -0.05) is 0 Å². The molecular weight excluding hydrogens is 170 g/mol. The number of hydrogen-bond donors (Lipinski definition) is 1. The molecule has 78 valence electrons. The Morgan fingerprint density at radius 2 is 1.92 bits per heavy atom. The fourth-order valence-electron chi connectivity index (χ4n) is 1.42. The first-order chi connectivity index (χ1) is 6.27. The van der Waals surface area contributed by atoms with Gasteiger partial charge in [-0.2, -0.15) is 0 Å². The molecule has 0 radical (unpaired) electrons. The van der Waals surface area contributed by atoms with Crippen LogP contribution in [0.4, 0.5) is 0 Å². The predicted octanol–water partition coefficient (Wildman–Crippen LogP) is 0.849. The highest BCUT2D eigenvalue weighted by molar-refractivity contribution is 4.72. The molecule has 0 saturated carbocycles. The Morgan fingerprint density at radius 1 is 1.23 bits per heavy atom. The van der Waals surface area contributed by atoms with Gasteiger partial charge < -0.3 is 19.9 Å². The monoisotopic (exact) mass is 189 g/mol. The Hall–Kier alpha value is -0.160. The van der Waals surface area contributed by atoms with Gasteiger partial charge in [0.25, 0.3) is 0 Å². The van der Waals surface area contributed by atoms with E-state index < -0.39 is 0 Å². The third-order valence-electron chi connectivity index (χ3n) is 2.05. The Labute approximate surface area is 79.3 Å². The van der Waals surface area contributed by atoms with Crippen LogP contribution >= 0.6 is 0 Å². The van der Waals surface area contributed by atoms with Gasteiger partial charge in [0.2, 0.25) is 0 Å².